The van der Waals surface area contributed by atoms with Gasteiger partial charge in [-0.3, -0.25) is 4.79 Å². The van der Waals surface area contributed by atoms with Crippen LogP contribution < -0.4 is 9.47 Å². The van der Waals surface area contributed by atoms with Crippen LogP contribution in [0.2, 0.25) is 0 Å². The van der Waals surface area contributed by atoms with E-state index >= 15 is 0 Å². The summed E-state index contributed by atoms with van der Waals surface area (Å²) in [4.78, 5) is 20.0. The van der Waals surface area contributed by atoms with Crippen LogP contribution in [0.3, 0.4) is 0 Å². The Labute approximate surface area is 166 Å². The van der Waals surface area contributed by atoms with E-state index in [0.717, 1.165) is 16.9 Å². The van der Waals surface area contributed by atoms with Crippen LogP contribution >= 0.6 is 11.3 Å². The van der Waals surface area contributed by atoms with Crippen molar-refractivity contribution in [1.82, 2.24) is 9.88 Å². The summed E-state index contributed by atoms with van der Waals surface area (Å²) in [7, 11) is 0. The molecule has 0 saturated carbocycles. The largest absolute Gasteiger partial charge is 0.454 e. The summed E-state index contributed by atoms with van der Waals surface area (Å²) < 4.78 is 23.9. The fourth-order valence-electron chi connectivity index (χ4n) is 3.04. The summed E-state index contributed by atoms with van der Waals surface area (Å²) in [6, 6.07) is 11.8. The van der Waals surface area contributed by atoms with E-state index in [1.807, 2.05) is 32.0 Å². The first-order valence-electron chi connectivity index (χ1n) is 8.96. The summed E-state index contributed by atoms with van der Waals surface area (Å²) in [6.45, 7) is 5.03. The van der Waals surface area contributed by atoms with E-state index in [-0.39, 0.29) is 18.5 Å². The quantitative estimate of drug-likeness (QED) is 0.628. The van der Waals surface area contributed by atoms with Crippen LogP contribution in [-0.4, -0.2) is 29.1 Å². The molecule has 1 aliphatic heterocycles. The monoisotopic (exact) mass is 398 g/mol. The summed E-state index contributed by atoms with van der Waals surface area (Å²) in [5, 5.41) is 0.708. The third kappa shape index (κ3) is 3.57. The van der Waals surface area contributed by atoms with Crippen LogP contribution in [0.4, 0.5) is 4.39 Å². The third-order valence-corrected chi connectivity index (χ3v) is 5.76. The van der Waals surface area contributed by atoms with Crippen LogP contribution in [0, 0.1) is 12.7 Å². The number of hydrogen-bond donors (Lipinski definition) is 0. The minimum Gasteiger partial charge on any atom is -0.454 e. The summed E-state index contributed by atoms with van der Waals surface area (Å²) >= 11 is 1.33. The lowest BCUT2D eigenvalue weighted by Crippen LogP contribution is -2.30. The number of rotatable bonds is 5. The summed E-state index contributed by atoms with van der Waals surface area (Å²) in [5.74, 6) is 1.06. The van der Waals surface area contributed by atoms with Crippen LogP contribution in [0.1, 0.15) is 27.9 Å². The molecule has 7 heteroatoms. The molecule has 0 atom stereocenters. The van der Waals surface area contributed by atoms with Gasteiger partial charge in [0.25, 0.3) is 5.91 Å². The maximum Gasteiger partial charge on any atom is 0.266 e. The summed E-state index contributed by atoms with van der Waals surface area (Å²) in [5.41, 5.74) is 2.45. The Balaban J connectivity index is 1.56. The highest BCUT2D eigenvalue weighted by atomic mass is 32.1. The second-order valence-electron chi connectivity index (χ2n) is 6.45. The van der Waals surface area contributed by atoms with Crippen molar-refractivity contribution in [1.29, 1.82) is 0 Å². The van der Waals surface area contributed by atoms with Crippen molar-refractivity contribution < 1.29 is 18.7 Å². The number of aromatic nitrogens is 1. The first-order valence-corrected chi connectivity index (χ1v) is 9.78. The molecule has 5 nitrogen and oxygen atoms in total. The number of thiazole rings is 1. The SMILES string of the molecule is CCN(Cc1ccc2c(c1)OCO2)C(=O)c1sc(-c2ccc(F)cc2)nc1C. The fourth-order valence-corrected chi connectivity index (χ4v) is 4.08. The minimum absolute atomic E-state index is 0.0662. The zero-order valence-corrected chi connectivity index (χ0v) is 16.4. The Morgan fingerprint density at radius 3 is 2.68 bits per heavy atom. The van der Waals surface area contributed by atoms with Gasteiger partial charge in [-0.05, 0) is 55.8 Å². The van der Waals surface area contributed by atoms with Gasteiger partial charge in [0.05, 0.1) is 5.69 Å². The maximum atomic E-state index is 13.2. The van der Waals surface area contributed by atoms with Crippen molar-refractivity contribution in [2.24, 2.45) is 0 Å². The van der Waals surface area contributed by atoms with Crippen molar-refractivity contribution in [3.8, 4) is 22.1 Å². The van der Waals surface area contributed by atoms with E-state index < -0.39 is 0 Å². The predicted molar refractivity (Wildman–Crippen MR) is 105 cm³/mol. The third-order valence-electron chi connectivity index (χ3n) is 4.56. The van der Waals surface area contributed by atoms with Crippen LogP contribution in [-0.2, 0) is 6.54 Å². The molecule has 1 amide bonds. The van der Waals surface area contributed by atoms with Crippen molar-refractivity contribution in [3.63, 3.8) is 0 Å². The second kappa shape index (κ2) is 7.59. The van der Waals surface area contributed by atoms with Gasteiger partial charge in [0.2, 0.25) is 6.79 Å². The molecule has 3 aromatic rings. The molecule has 0 spiro atoms. The normalized spacial score (nSPS) is 12.2. The molecule has 0 fully saturated rings. The highest BCUT2D eigenvalue weighted by Gasteiger charge is 2.22. The molecule has 4 rings (SSSR count). The van der Waals surface area contributed by atoms with E-state index in [9.17, 15) is 9.18 Å². The smallest absolute Gasteiger partial charge is 0.266 e. The van der Waals surface area contributed by atoms with Crippen molar-refractivity contribution in [2.45, 2.75) is 20.4 Å². The van der Waals surface area contributed by atoms with Crippen molar-refractivity contribution in [2.75, 3.05) is 13.3 Å². The van der Waals surface area contributed by atoms with Gasteiger partial charge in [0.1, 0.15) is 15.7 Å². The predicted octanol–water partition coefficient (Wildman–Crippen LogP) is 4.65. The second-order valence-corrected chi connectivity index (χ2v) is 7.45. The Kier molecular flexibility index (Phi) is 5.00. The number of hydrogen-bond acceptors (Lipinski definition) is 5. The molecule has 2 aromatic carbocycles. The molecule has 28 heavy (non-hydrogen) atoms. The van der Waals surface area contributed by atoms with E-state index in [4.69, 9.17) is 9.47 Å². The molecule has 0 aliphatic carbocycles. The topological polar surface area (TPSA) is 51.7 Å². The highest BCUT2D eigenvalue weighted by molar-refractivity contribution is 7.17. The van der Waals surface area contributed by atoms with E-state index in [0.29, 0.717) is 34.4 Å². The number of benzene rings is 2. The molecule has 1 aromatic heterocycles. The van der Waals surface area contributed by atoms with E-state index in [2.05, 4.69) is 4.98 Å². The molecule has 0 radical (unpaired) electrons. The van der Waals surface area contributed by atoms with Crippen LogP contribution in [0.25, 0.3) is 10.6 Å². The Morgan fingerprint density at radius 2 is 1.93 bits per heavy atom. The van der Waals surface area contributed by atoms with Gasteiger partial charge in [-0.25, -0.2) is 9.37 Å². The molecule has 0 unspecified atom stereocenters. The number of fused-ring (bicyclic) bond motifs is 1. The van der Waals surface area contributed by atoms with E-state index in [1.165, 1.54) is 23.5 Å². The molecular formula is C21H19FN2O3S. The molecule has 2 heterocycles. The lowest BCUT2D eigenvalue weighted by atomic mass is 10.2. The Morgan fingerprint density at radius 1 is 1.18 bits per heavy atom. The molecular weight excluding hydrogens is 379 g/mol. The van der Waals surface area contributed by atoms with Gasteiger partial charge in [-0.1, -0.05) is 6.07 Å². The number of halogens is 1. The van der Waals surface area contributed by atoms with Crippen molar-refractivity contribution in [3.05, 3.63) is 64.4 Å². The average molecular weight is 398 g/mol. The zero-order chi connectivity index (χ0) is 19.7. The van der Waals surface area contributed by atoms with Gasteiger partial charge >= 0.3 is 0 Å². The standard InChI is InChI=1S/C21H19FN2O3S/c1-3-24(11-14-4-9-17-18(10-14)27-12-26-17)21(25)19-13(2)23-20(28-19)15-5-7-16(22)8-6-15/h4-10H,3,11-12H2,1-2H3. The molecule has 0 saturated heterocycles. The number of carbonyl (C=O) groups is 1. The van der Waals surface area contributed by atoms with Crippen LogP contribution in [0.5, 0.6) is 11.5 Å². The Hall–Kier alpha value is -2.93. The zero-order valence-electron chi connectivity index (χ0n) is 15.6. The van der Waals surface area contributed by atoms with Gasteiger partial charge in [-0.15, -0.1) is 11.3 Å². The average Bonchev–Trinajstić information content (AvgIpc) is 3.32. The number of nitrogens with zero attached hydrogens (tertiary/aromatic N) is 2. The number of ether oxygens (including phenoxy) is 2. The first-order chi connectivity index (χ1) is 13.5. The molecule has 0 N–H and O–H groups in total. The minimum atomic E-state index is -0.297. The maximum absolute atomic E-state index is 13.2. The van der Waals surface area contributed by atoms with Gasteiger partial charge < -0.3 is 14.4 Å². The van der Waals surface area contributed by atoms with E-state index in [1.54, 1.807) is 17.0 Å². The molecule has 144 valence electrons. The fraction of sp³-hybridized carbons (Fsp3) is 0.238. The summed E-state index contributed by atoms with van der Waals surface area (Å²) in [6.07, 6.45) is 0. The molecule has 0 bridgehead atoms. The van der Waals surface area contributed by atoms with Crippen LogP contribution in [0.15, 0.2) is 42.5 Å². The number of aryl methyl sites for hydroxylation is 1. The number of carbonyl (C=O) groups excluding carboxylic acids is 1. The molecule has 1 aliphatic rings. The highest BCUT2D eigenvalue weighted by Crippen LogP contribution is 2.33. The van der Waals surface area contributed by atoms with Gasteiger partial charge in [0, 0.05) is 18.7 Å². The lowest BCUT2D eigenvalue weighted by Gasteiger charge is -2.20. The Bertz CT molecular complexity index is 1020. The van der Waals surface area contributed by atoms with Crippen molar-refractivity contribution >= 4 is 17.2 Å². The number of amides is 1. The first kappa shape index (κ1) is 18.4. The lowest BCUT2D eigenvalue weighted by molar-refractivity contribution is 0.0756. The van der Waals surface area contributed by atoms with Gasteiger partial charge in [-0.2, -0.15) is 0 Å². The van der Waals surface area contributed by atoms with Gasteiger partial charge in [0.15, 0.2) is 11.5 Å².